The number of oxazole rings is 1. The quantitative estimate of drug-likeness (QED) is 0.292. The number of halogens is 3. The molecule has 1 aliphatic carbocycles. The van der Waals surface area contributed by atoms with Crippen molar-refractivity contribution in [1.82, 2.24) is 20.2 Å². The summed E-state index contributed by atoms with van der Waals surface area (Å²) in [4.78, 5) is 32.1. The number of amides is 1. The third-order valence-corrected chi connectivity index (χ3v) is 5.62. The van der Waals surface area contributed by atoms with Gasteiger partial charge in [-0.15, -0.1) is 0 Å². The molecular formula is C24H19F3N6O3. The van der Waals surface area contributed by atoms with Gasteiger partial charge in [0.05, 0.1) is 0 Å². The van der Waals surface area contributed by atoms with Crippen molar-refractivity contribution in [3.05, 3.63) is 65.8 Å². The number of H-pyrrole nitrogens is 1. The Bertz CT molecular complexity index is 1410. The Morgan fingerprint density at radius 1 is 1.17 bits per heavy atom. The first-order valence-corrected chi connectivity index (χ1v) is 11.0. The van der Waals surface area contributed by atoms with Crippen molar-refractivity contribution in [3.8, 4) is 22.7 Å². The standard InChI is InChI=1S/C24H19F3N6O3/c25-24(26,27)21-20(19(32-33-21)15-5-3-14(11-34)4-6-15)31-22(35)17-12-36-23(30-17)16-7-8-28-18(9-16)29-10-13-1-2-13/h3-9,11-13H,1-2,10H2,(H,28,29)(H,31,35)(H,32,33). The Morgan fingerprint density at radius 2 is 1.94 bits per heavy atom. The first kappa shape index (κ1) is 23.3. The largest absolute Gasteiger partial charge is 0.444 e. The number of alkyl halides is 3. The number of pyridine rings is 1. The van der Waals surface area contributed by atoms with Gasteiger partial charge in [0, 0.05) is 29.4 Å². The molecule has 0 bridgehead atoms. The van der Waals surface area contributed by atoms with Crippen LogP contribution < -0.4 is 10.6 Å². The smallest absolute Gasteiger partial charge is 0.434 e. The summed E-state index contributed by atoms with van der Waals surface area (Å²) in [5.74, 6) is 0.473. The summed E-state index contributed by atoms with van der Waals surface area (Å²) in [7, 11) is 0. The summed E-state index contributed by atoms with van der Waals surface area (Å²) in [5, 5.41) is 11.2. The second-order valence-corrected chi connectivity index (χ2v) is 8.31. The zero-order valence-corrected chi connectivity index (χ0v) is 18.6. The number of aromatic amines is 1. The highest BCUT2D eigenvalue weighted by molar-refractivity contribution is 6.05. The van der Waals surface area contributed by atoms with E-state index in [0.717, 1.165) is 12.8 Å². The Hall–Kier alpha value is -4.48. The highest BCUT2D eigenvalue weighted by atomic mass is 19.4. The van der Waals surface area contributed by atoms with Crippen molar-refractivity contribution >= 4 is 23.7 Å². The molecule has 1 fully saturated rings. The molecule has 3 aromatic heterocycles. The lowest BCUT2D eigenvalue weighted by Crippen LogP contribution is -2.17. The van der Waals surface area contributed by atoms with E-state index in [-0.39, 0.29) is 22.8 Å². The van der Waals surface area contributed by atoms with Crippen LogP contribution in [0.15, 0.2) is 53.3 Å². The number of rotatable bonds is 8. The Labute approximate surface area is 202 Å². The van der Waals surface area contributed by atoms with E-state index in [1.807, 2.05) is 5.10 Å². The van der Waals surface area contributed by atoms with Gasteiger partial charge < -0.3 is 15.1 Å². The zero-order valence-electron chi connectivity index (χ0n) is 18.6. The Morgan fingerprint density at radius 3 is 2.64 bits per heavy atom. The Kier molecular flexibility index (Phi) is 6.00. The molecule has 0 unspecified atom stereocenters. The van der Waals surface area contributed by atoms with Gasteiger partial charge in [0.15, 0.2) is 11.4 Å². The molecule has 1 amide bonds. The topological polar surface area (TPSA) is 126 Å². The molecule has 5 rings (SSSR count). The number of nitrogens with zero attached hydrogens (tertiary/aromatic N) is 3. The maximum atomic E-state index is 13.6. The van der Waals surface area contributed by atoms with E-state index >= 15 is 0 Å². The summed E-state index contributed by atoms with van der Waals surface area (Å²) in [5.41, 5.74) is -0.985. The molecule has 12 heteroatoms. The van der Waals surface area contributed by atoms with Crippen LogP contribution in [0.4, 0.5) is 24.7 Å². The fourth-order valence-electron chi connectivity index (χ4n) is 3.52. The van der Waals surface area contributed by atoms with Crippen molar-refractivity contribution in [2.24, 2.45) is 5.92 Å². The first-order valence-electron chi connectivity index (χ1n) is 11.0. The van der Waals surface area contributed by atoms with Crippen molar-refractivity contribution in [3.63, 3.8) is 0 Å². The van der Waals surface area contributed by atoms with Gasteiger partial charge in [-0.2, -0.15) is 18.3 Å². The average Bonchev–Trinajstić information content (AvgIpc) is 3.38. The zero-order chi connectivity index (χ0) is 25.3. The number of anilines is 2. The van der Waals surface area contributed by atoms with Crippen LogP contribution in [0.1, 0.15) is 39.4 Å². The van der Waals surface area contributed by atoms with Crippen LogP contribution in [0.5, 0.6) is 0 Å². The molecule has 0 saturated heterocycles. The maximum absolute atomic E-state index is 13.6. The molecule has 3 N–H and O–H groups in total. The fraction of sp³-hybridized carbons (Fsp3) is 0.208. The van der Waals surface area contributed by atoms with Crippen molar-refractivity contribution < 1.29 is 27.2 Å². The summed E-state index contributed by atoms with van der Waals surface area (Å²) in [6, 6.07) is 9.10. The van der Waals surface area contributed by atoms with Crippen molar-refractivity contribution in [1.29, 1.82) is 0 Å². The number of benzene rings is 1. The van der Waals surface area contributed by atoms with E-state index in [1.165, 1.54) is 37.1 Å². The minimum absolute atomic E-state index is 0.116. The van der Waals surface area contributed by atoms with Gasteiger partial charge in [0.2, 0.25) is 5.89 Å². The number of hydrogen-bond donors (Lipinski definition) is 3. The molecule has 1 aliphatic rings. The molecule has 1 aromatic carbocycles. The van der Waals surface area contributed by atoms with E-state index in [1.54, 1.807) is 18.3 Å². The van der Waals surface area contributed by atoms with Crippen LogP contribution in [-0.4, -0.2) is 38.9 Å². The minimum atomic E-state index is -4.81. The predicted octanol–water partition coefficient (Wildman–Crippen LogP) is 5.03. The van der Waals surface area contributed by atoms with Gasteiger partial charge in [-0.25, -0.2) is 9.97 Å². The molecule has 1 saturated carbocycles. The highest BCUT2D eigenvalue weighted by Gasteiger charge is 2.38. The lowest BCUT2D eigenvalue weighted by atomic mass is 10.1. The third kappa shape index (κ3) is 4.97. The number of aldehydes is 1. The summed E-state index contributed by atoms with van der Waals surface area (Å²) in [6.07, 6.45) is 0.792. The first-order chi connectivity index (χ1) is 17.3. The van der Waals surface area contributed by atoms with E-state index in [2.05, 4.69) is 25.7 Å². The van der Waals surface area contributed by atoms with Gasteiger partial charge in [-0.3, -0.25) is 14.7 Å². The van der Waals surface area contributed by atoms with Gasteiger partial charge >= 0.3 is 6.18 Å². The summed E-state index contributed by atoms with van der Waals surface area (Å²) < 4.78 is 46.3. The van der Waals surface area contributed by atoms with E-state index in [4.69, 9.17) is 4.42 Å². The van der Waals surface area contributed by atoms with Gasteiger partial charge in [-0.05, 0) is 30.9 Å². The predicted molar refractivity (Wildman–Crippen MR) is 123 cm³/mol. The van der Waals surface area contributed by atoms with Crippen molar-refractivity contribution in [2.45, 2.75) is 19.0 Å². The van der Waals surface area contributed by atoms with Crippen LogP contribution in [-0.2, 0) is 6.18 Å². The molecule has 0 aliphatic heterocycles. The lowest BCUT2D eigenvalue weighted by molar-refractivity contribution is -0.140. The number of carbonyl (C=O) groups excluding carboxylic acids is 2. The third-order valence-electron chi connectivity index (χ3n) is 5.62. The average molecular weight is 496 g/mol. The molecule has 0 spiro atoms. The van der Waals surface area contributed by atoms with Crippen LogP contribution in [0, 0.1) is 5.92 Å². The number of carbonyl (C=O) groups is 2. The fourth-order valence-corrected chi connectivity index (χ4v) is 3.52. The van der Waals surface area contributed by atoms with Crippen LogP contribution in [0.25, 0.3) is 22.7 Å². The normalized spacial score (nSPS) is 13.4. The molecule has 9 nitrogen and oxygen atoms in total. The molecular weight excluding hydrogens is 477 g/mol. The molecule has 36 heavy (non-hydrogen) atoms. The van der Waals surface area contributed by atoms with Crippen LogP contribution >= 0.6 is 0 Å². The number of aromatic nitrogens is 4. The molecule has 0 radical (unpaired) electrons. The van der Waals surface area contributed by atoms with E-state index in [9.17, 15) is 22.8 Å². The van der Waals surface area contributed by atoms with Gasteiger partial charge in [-0.1, -0.05) is 24.3 Å². The highest BCUT2D eigenvalue weighted by Crippen LogP contribution is 2.39. The van der Waals surface area contributed by atoms with Crippen LogP contribution in [0.2, 0.25) is 0 Å². The van der Waals surface area contributed by atoms with Crippen LogP contribution in [0.3, 0.4) is 0 Å². The molecule has 0 atom stereocenters. The van der Waals surface area contributed by atoms with E-state index < -0.39 is 23.5 Å². The van der Waals surface area contributed by atoms with Crippen molar-refractivity contribution in [2.75, 3.05) is 17.2 Å². The molecule has 3 heterocycles. The lowest BCUT2D eigenvalue weighted by Gasteiger charge is -2.09. The monoisotopic (exact) mass is 496 g/mol. The molecule has 4 aromatic rings. The Balaban J connectivity index is 1.39. The SMILES string of the molecule is O=Cc1ccc(-c2n[nH]c(C(F)(F)F)c2NC(=O)c2coc(-c3ccnc(NCC4CC4)c3)n2)cc1. The summed E-state index contributed by atoms with van der Waals surface area (Å²) in [6.45, 7) is 0.808. The molecule has 184 valence electrons. The second kappa shape index (κ2) is 9.29. The van der Waals surface area contributed by atoms with E-state index in [0.29, 0.717) is 29.1 Å². The minimum Gasteiger partial charge on any atom is -0.444 e. The maximum Gasteiger partial charge on any atom is 0.434 e. The second-order valence-electron chi connectivity index (χ2n) is 8.31. The van der Waals surface area contributed by atoms with Gasteiger partial charge in [0.1, 0.15) is 29.7 Å². The summed E-state index contributed by atoms with van der Waals surface area (Å²) >= 11 is 0. The number of nitrogens with one attached hydrogen (secondary N) is 3. The van der Waals surface area contributed by atoms with Gasteiger partial charge in [0.25, 0.3) is 5.91 Å². The number of hydrogen-bond acceptors (Lipinski definition) is 7.